The molecule has 0 aromatic rings. The Labute approximate surface area is 98.2 Å². The smallest absolute Gasteiger partial charge is 0.300 e. The molecule has 0 unspecified atom stereocenters. The summed E-state index contributed by atoms with van der Waals surface area (Å²) in [5.74, 6) is -0.220. The van der Waals surface area contributed by atoms with Crippen LogP contribution in [-0.4, -0.2) is 17.4 Å². The molecule has 0 rings (SSSR count). The molecule has 16 heavy (non-hydrogen) atoms. The van der Waals surface area contributed by atoms with Crippen molar-refractivity contribution in [3.63, 3.8) is 0 Å². The van der Waals surface area contributed by atoms with Gasteiger partial charge in [-0.3, -0.25) is 4.89 Å². The van der Waals surface area contributed by atoms with Gasteiger partial charge in [0.25, 0.3) is 0 Å². The fourth-order valence-corrected chi connectivity index (χ4v) is 0.262. The van der Waals surface area contributed by atoms with E-state index in [1.165, 1.54) is 0 Å². The van der Waals surface area contributed by atoms with Crippen molar-refractivity contribution in [2.75, 3.05) is 0 Å². The van der Waals surface area contributed by atoms with E-state index in [0.29, 0.717) is 6.42 Å². The van der Waals surface area contributed by atoms with Gasteiger partial charge < -0.3 is 4.79 Å². The Kier molecular flexibility index (Phi) is 9.05. The third-order valence-corrected chi connectivity index (χ3v) is 1.34. The lowest BCUT2D eigenvalue weighted by atomic mass is 10.2. The Morgan fingerprint density at radius 1 is 1.19 bits per heavy atom. The van der Waals surface area contributed by atoms with Gasteiger partial charge in [-0.1, -0.05) is 20.8 Å². The molecule has 0 N–H and O–H groups in total. The number of rotatable bonds is 3. The van der Waals surface area contributed by atoms with Crippen molar-refractivity contribution in [2.24, 2.45) is 5.92 Å². The van der Waals surface area contributed by atoms with Gasteiger partial charge in [-0.2, -0.15) is 4.89 Å². The van der Waals surface area contributed by atoms with Crippen molar-refractivity contribution < 1.29 is 19.4 Å². The van der Waals surface area contributed by atoms with Gasteiger partial charge >= 0.3 is 5.97 Å². The van der Waals surface area contributed by atoms with Crippen molar-refractivity contribution in [1.29, 1.82) is 0 Å². The zero-order valence-corrected chi connectivity index (χ0v) is 11.4. The lowest BCUT2D eigenvalue weighted by molar-refractivity contribution is -0.322. The molecule has 0 radical (unpaired) electrons. The first-order valence-corrected chi connectivity index (χ1v) is 5.49. The predicted octanol–water partition coefficient (Wildman–Crippen LogP) is 2.90. The Morgan fingerprint density at radius 3 is 1.75 bits per heavy atom. The van der Waals surface area contributed by atoms with Crippen molar-refractivity contribution in [1.82, 2.24) is 0 Å². The average molecular weight is 232 g/mol. The Bertz CT molecular complexity index is 214. The second kappa shape index (κ2) is 8.28. The summed E-state index contributed by atoms with van der Waals surface area (Å²) in [5, 5.41) is 0. The highest BCUT2D eigenvalue weighted by molar-refractivity contribution is 5.74. The van der Waals surface area contributed by atoms with Gasteiger partial charge in [-0.05, 0) is 27.7 Å². The van der Waals surface area contributed by atoms with Crippen LogP contribution >= 0.6 is 0 Å². The van der Waals surface area contributed by atoms with E-state index in [1.807, 2.05) is 27.7 Å². The van der Waals surface area contributed by atoms with Crippen LogP contribution in [0.1, 0.15) is 54.9 Å². The average Bonchev–Trinajstić information content (AvgIpc) is 2.13. The molecule has 0 aromatic carbocycles. The van der Waals surface area contributed by atoms with Crippen molar-refractivity contribution in [2.45, 2.75) is 60.5 Å². The molecule has 0 heterocycles. The Balaban J connectivity index is 0. The lowest BCUT2D eigenvalue weighted by Gasteiger charge is -2.17. The minimum atomic E-state index is -0.426. The fraction of sp³-hybridized carbons (Fsp3) is 0.833. The summed E-state index contributed by atoms with van der Waals surface area (Å²) in [6.45, 7) is 12.4. The Hall–Kier alpha value is -0.900. The molecular formula is C12H24O4. The molecule has 0 atom stereocenters. The number of Topliss-reactive ketones (excluding diaryl/α,β-unsaturated/α-hetero) is 1. The summed E-state index contributed by atoms with van der Waals surface area (Å²) < 4.78 is 0. The highest BCUT2D eigenvalue weighted by atomic mass is 17.2. The molecule has 0 fully saturated rings. The fourth-order valence-electron chi connectivity index (χ4n) is 0.262. The van der Waals surface area contributed by atoms with E-state index in [9.17, 15) is 9.59 Å². The van der Waals surface area contributed by atoms with E-state index >= 15 is 0 Å². The minimum absolute atomic E-state index is 0.141. The largest absolute Gasteiger partial charge is 0.344 e. The van der Waals surface area contributed by atoms with E-state index in [4.69, 9.17) is 4.89 Å². The van der Waals surface area contributed by atoms with E-state index in [2.05, 4.69) is 4.89 Å². The van der Waals surface area contributed by atoms with E-state index in [-0.39, 0.29) is 17.7 Å². The highest BCUT2D eigenvalue weighted by Crippen LogP contribution is 2.08. The van der Waals surface area contributed by atoms with Crippen LogP contribution in [0.2, 0.25) is 0 Å². The second-order valence-electron chi connectivity index (χ2n) is 4.81. The zero-order valence-electron chi connectivity index (χ0n) is 11.4. The third-order valence-electron chi connectivity index (χ3n) is 1.34. The molecule has 0 aromatic heterocycles. The van der Waals surface area contributed by atoms with Crippen LogP contribution in [0, 0.1) is 5.92 Å². The molecule has 96 valence electrons. The predicted molar refractivity (Wildman–Crippen MR) is 62.7 cm³/mol. The van der Waals surface area contributed by atoms with Gasteiger partial charge in [0.1, 0.15) is 11.4 Å². The van der Waals surface area contributed by atoms with Crippen LogP contribution in [0.4, 0.5) is 0 Å². The molecule has 4 heteroatoms. The second-order valence-corrected chi connectivity index (χ2v) is 4.81. The molecule has 0 saturated carbocycles. The lowest BCUT2D eigenvalue weighted by Crippen LogP contribution is -2.23. The van der Waals surface area contributed by atoms with Gasteiger partial charge in [0.15, 0.2) is 0 Å². The maximum absolute atomic E-state index is 10.8. The summed E-state index contributed by atoms with van der Waals surface area (Å²) in [6, 6.07) is 0. The van der Waals surface area contributed by atoms with Crippen LogP contribution in [-0.2, 0) is 19.4 Å². The van der Waals surface area contributed by atoms with Crippen molar-refractivity contribution in [3.05, 3.63) is 0 Å². The molecular weight excluding hydrogens is 208 g/mol. The SMILES string of the molecule is CC(C)C(=O)OOC(C)(C)C.CCC(C)=O. The van der Waals surface area contributed by atoms with Crippen LogP contribution < -0.4 is 0 Å². The Morgan fingerprint density at radius 2 is 1.56 bits per heavy atom. The normalized spacial score (nSPS) is 10.5. The number of hydrogen-bond donors (Lipinski definition) is 0. The quantitative estimate of drug-likeness (QED) is 0.554. The van der Waals surface area contributed by atoms with Crippen LogP contribution in [0.3, 0.4) is 0 Å². The summed E-state index contributed by atoms with van der Waals surface area (Å²) in [5.41, 5.74) is -0.426. The maximum Gasteiger partial charge on any atom is 0.344 e. The van der Waals surface area contributed by atoms with E-state index in [0.717, 1.165) is 0 Å². The number of ketones is 1. The molecule has 0 aliphatic carbocycles. The van der Waals surface area contributed by atoms with Gasteiger partial charge in [-0.15, -0.1) is 0 Å². The highest BCUT2D eigenvalue weighted by Gasteiger charge is 2.16. The topological polar surface area (TPSA) is 52.6 Å². The van der Waals surface area contributed by atoms with Gasteiger partial charge in [-0.25, -0.2) is 4.79 Å². The summed E-state index contributed by atoms with van der Waals surface area (Å²) in [7, 11) is 0. The van der Waals surface area contributed by atoms with Crippen LogP contribution in [0.5, 0.6) is 0 Å². The van der Waals surface area contributed by atoms with Crippen LogP contribution in [0.25, 0.3) is 0 Å². The van der Waals surface area contributed by atoms with Gasteiger partial charge in [0, 0.05) is 6.42 Å². The third kappa shape index (κ3) is 15.6. The zero-order chi connectivity index (χ0) is 13.4. The summed E-state index contributed by atoms with van der Waals surface area (Å²) in [6.07, 6.45) is 0.667. The summed E-state index contributed by atoms with van der Waals surface area (Å²) >= 11 is 0. The maximum atomic E-state index is 10.8. The molecule has 0 bridgehead atoms. The molecule has 4 nitrogen and oxygen atoms in total. The molecule has 0 aliphatic rings. The van der Waals surface area contributed by atoms with Crippen molar-refractivity contribution >= 4 is 11.8 Å². The van der Waals surface area contributed by atoms with Gasteiger partial charge in [0.05, 0.1) is 5.92 Å². The number of hydrogen-bond acceptors (Lipinski definition) is 4. The first kappa shape index (κ1) is 17.5. The van der Waals surface area contributed by atoms with E-state index < -0.39 is 5.60 Å². The minimum Gasteiger partial charge on any atom is -0.300 e. The van der Waals surface area contributed by atoms with E-state index in [1.54, 1.807) is 20.8 Å². The molecule has 0 spiro atoms. The first-order valence-electron chi connectivity index (χ1n) is 5.49. The standard InChI is InChI=1S/C8H16O3.C4H8O/c1-6(2)7(9)10-11-8(3,4)5;1-3-4(2)5/h6H,1-5H3;3H2,1-2H3. The number of carbonyl (C=O) groups excluding carboxylic acids is 2. The monoisotopic (exact) mass is 232 g/mol. The molecule has 0 saturated heterocycles. The van der Waals surface area contributed by atoms with Crippen LogP contribution in [0.15, 0.2) is 0 Å². The van der Waals surface area contributed by atoms with Crippen molar-refractivity contribution in [3.8, 4) is 0 Å². The first-order chi connectivity index (χ1) is 7.10. The van der Waals surface area contributed by atoms with Gasteiger partial charge in [0.2, 0.25) is 0 Å². The molecule has 0 amide bonds. The number of carbonyl (C=O) groups is 2. The summed E-state index contributed by atoms with van der Waals surface area (Å²) in [4.78, 5) is 30.0. The molecule has 0 aliphatic heterocycles.